The fourth-order valence-corrected chi connectivity index (χ4v) is 4.65. The lowest BCUT2D eigenvalue weighted by molar-refractivity contribution is -0.385. The van der Waals surface area contributed by atoms with Crippen molar-refractivity contribution in [2.24, 2.45) is 0 Å². The van der Waals surface area contributed by atoms with Gasteiger partial charge in [-0.1, -0.05) is 38.1 Å². The van der Waals surface area contributed by atoms with Crippen molar-refractivity contribution in [3.05, 3.63) is 87.5 Å². The van der Waals surface area contributed by atoms with Gasteiger partial charge in [0.05, 0.1) is 35.7 Å². The highest BCUT2D eigenvalue weighted by Gasteiger charge is 2.30. The predicted octanol–water partition coefficient (Wildman–Crippen LogP) is 5.89. The van der Waals surface area contributed by atoms with Crippen LogP contribution in [0.25, 0.3) is 0 Å². The molecule has 1 fully saturated rings. The molecule has 3 aromatic carbocycles. The van der Waals surface area contributed by atoms with Crippen molar-refractivity contribution in [1.29, 1.82) is 0 Å². The van der Waals surface area contributed by atoms with E-state index in [0.717, 1.165) is 18.1 Å². The third-order valence-corrected chi connectivity index (χ3v) is 6.79. The molecule has 0 aromatic heterocycles. The van der Waals surface area contributed by atoms with Gasteiger partial charge in [0.25, 0.3) is 0 Å². The van der Waals surface area contributed by atoms with Crippen LogP contribution in [0.5, 0.6) is 11.5 Å². The first-order valence-electron chi connectivity index (χ1n) is 13.9. The maximum Gasteiger partial charge on any atom is 0.335 e. The summed E-state index contributed by atoms with van der Waals surface area (Å²) in [6, 6.07) is 15.2. The molecule has 0 aliphatic carbocycles. The number of urea groups is 1. The van der Waals surface area contributed by atoms with Gasteiger partial charge in [-0.25, -0.2) is 9.59 Å². The first-order valence-corrected chi connectivity index (χ1v) is 13.9. The molecule has 0 saturated carbocycles. The minimum Gasteiger partial charge on any atom is -0.495 e. The molecule has 0 bridgehead atoms. The zero-order valence-corrected chi connectivity index (χ0v) is 24.6. The Hall–Kier alpha value is -5.13. The Morgan fingerprint density at radius 3 is 2.42 bits per heavy atom. The molecule has 3 amide bonds. The van der Waals surface area contributed by atoms with Gasteiger partial charge in [0.2, 0.25) is 5.91 Å². The monoisotopic (exact) mass is 592 g/mol. The van der Waals surface area contributed by atoms with Crippen molar-refractivity contribution in [3.8, 4) is 11.5 Å². The highest BCUT2D eigenvalue weighted by Crippen LogP contribution is 2.30. The molecule has 12 nitrogen and oxygen atoms in total. The molecule has 12 heteroatoms. The van der Waals surface area contributed by atoms with Gasteiger partial charge in [-0.3, -0.25) is 14.9 Å². The Kier molecular flexibility index (Phi) is 11.4. The molecular formula is C31H36N4O8. The van der Waals surface area contributed by atoms with E-state index in [0.29, 0.717) is 35.7 Å². The Balaban J connectivity index is 0.00000248. The molecule has 1 aliphatic heterocycles. The van der Waals surface area contributed by atoms with E-state index in [9.17, 15) is 24.5 Å². The number of para-hydroxylation sites is 1. The number of carboxylic acid groups (broad SMARTS) is 1. The molecule has 1 heterocycles. The summed E-state index contributed by atoms with van der Waals surface area (Å²) in [6.45, 7) is 6.44. The van der Waals surface area contributed by atoms with Gasteiger partial charge in [-0.05, 0) is 61.2 Å². The fraction of sp³-hybridized carbons (Fsp3) is 0.323. The van der Waals surface area contributed by atoms with Gasteiger partial charge < -0.3 is 30.1 Å². The van der Waals surface area contributed by atoms with Crippen LogP contribution in [0.4, 0.5) is 21.9 Å². The number of amides is 3. The number of nitrogens with zero attached hydrogens (tertiary/aromatic N) is 2. The Labute approximate surface area is 249 Å². The molecular weight excluding hydrogens is 556 g/mol. The van der Waals surface area contributed by atoms with Gasteiger partial charge in [-0.2, -0.15) is 0 Å². The number of ether oxygens (including phenoxy) is 2. The van der Waals surface area contributed by atoms with Crippen molar-refractivity contribution in [3.63, 3.8) is 0 Å². The molecule has 1 aliphatic rings. The average Bonchev–Trinajstić information content (AvgIpc) is 3.47. The summed E-state index contributed by atoms with van der Waals surface area (Å²) in [4.78, 5) is 49.3. The molecule has 3 N–H and O–H groups in total. The second-order valence-corrected chi connectivity index (χ2v) is 9.54. The van der Waals surface area contributed by atoms with E-state index in [-0.39, 0.29) is 36.3 Å². The van der Waals surface area contributed by atoms with Gasteiger partial charge >= 0.3 is 17.7 Å². The van der Waals surface area contributed by atoms with Gasteiger partial charge in [0.15, 0.2) is 5.75 Å². The summed E-state index contributed by atoms with van der Waals surface area (Å²) >= 11 is 0. The second-order valence-electron chi connectivity index (χ2n) is 9.54. The zero-order valence-electron chi connectivity index (χ0n) is 24.6. The van der Waals surface area contributed by atoms with Crippen LogP contribution in [0, 0.1) is 17.0 Å². The second kappa shape index (κ2) is 15.2. The van der Waals surface area contributed by atoms with E-state index >= 15 is 0 Å². The number of rotatable bonds is 10. The number of hydrogen-bond acceptors (Lipinski definition) is 7. The Morgan fingerprint density at radius 1 is 1.02 bits per heavy atom. The van der Waals surface area contributed by atoms with Crippen LogP contribution < -0.4 is 20.1 Å². The molecule has 0 radical (unpaired) electrons. The van der Waals surface area contributed by atoms with E-state index < -0.39 is 22.6 Å². The van der Waals surface area contributed by atoms with Crippen molar-refractivity contribution in [2.75, 3.05) is 30.9 Å². The number of nitro benzene ring substituents is 1. The fourth-order valence-electron chi connectivity index (χ4n) is 4.65. The highest BCUT2D eigenvalue weighted by atomic mass is 16.6. The lowest BCUT2D eigenvalue weighted by Crippen LogP contribution is -2.40. The van der Waals surface area contributed by atoms with Crippen molar-refractivity contribution in [1.82, 2.24) is 4.90 Å². The largest absolute Gasteiger partial charge is 0.495 e. The summed E-state index contributed by atoms with van der Waals surface area (Å²) in [6.07, 6.45) is 1.49. The Bertz CT molecular complexity index is 1480. The maximum atomic E-state index is 13.2. The number of likely N-dealkylation sites (tertiary alicyclic amines) is 1. The number of anilines is 2. The number of carboxylic acids is 1. The van der Waals surface area contributed by atoms with Gasteiger partial charge in [0.1, 0.15) is 12.4 Å². The quantitative estimate of drug-likeness (QED) is 0.194. The molecule has 1 unspecified atom stereocenters. The molecule has 0 spiro atoms. The van der Waals surface area contributed by atoms with E-state index in [2.05, 4.69) is 10.6 Å². The topological polar surface area (TPSA) is 160 Å². The third-order valence-electron chi connectivity index (χ3n) is 6.79. The number of hydrogen-bond donors (Lipinski definition) is 3. The van der Waals surface area contributed by atoms with Gasteiger partial charge in [0, 0.05) is 18.3 Å². The summed E-state index contributed by atoms with van der Waals surface area (Å²) in [5.74, 6) is -1.09. The third kappa shape index (κ3) is 8.44. The smallest absolute Gasteiger partial charge is 0.335 e. The van der Waals surface area contributed by atoms with E-state index in [1.54, 1.807) is 29.2 Å². The average molecular weight is 593 g/mol. The number of carbonyl (C=O) groups excluding carboxylic acids is 2. The Morgan fingerprint density at radius 2 is 1.74 bits per heavy atom. The van der Waals surface area contributed by atoms with Crippen LogP contribution in [-0.2, 0) is 11.2 Å². The van der Waals surface area contributed by atoms with Crippen LogP contribution in [0.1, 0.15) is 48.2 Å². The van der Waals surface area contributed by atoms with Crippen molar-refractivity contribution >= 4 is 35.0 Å². The standard InChI is InChI=1S/C29H30N4O8.C2H6/c1-18-6-3-4-8-22(18)30-29(37)31-23-11-9-19(14-26(23)40-2)15-27(34)32-13-5-7-21(32)17-41-25-12-10-20(28(35)36)16-24(25)33(38)39;1-2/h3-4,6,8-12,14,16,21H,5,7,13,15,17H2,1-2H3,(H,35,36)(H2,30,31,37);1-2H3. The zero-order chi connectivity index (χ0) is 31.5. The summed E-state index contributed by atoms with van der Waals surface area (Å²) in [5, 5.41) is 26.1. The summed E-state index contributed by atoms with van der Waals surface area (Å²) in [7, 11) is 1.47. The predicted molar refractivity (Wildman–Crippen MR) is 162 cm³/mol. The van der Waals surface area contributed by atoms with Crippen molar-refractivity contribution < 1.29 is 33.9 Å². The summed E-state index contributed by atoms with van der Waals surface area (Å²) in [5.41, 5.74) is 2.06. The number of nitro groups is 1. The lowest BCUT2D eigenvalue weighted by atomic mass is 10.1. The molecule has 4 rings (SSSR count). The SMILES string of the molecule is CC.COc1cc(CC(=O)N2CCCC2COc2ccc(C(=O)O)cc2[N+](=O)[O-])ccc1NC(=O)Nc1ccccc1C. The van der Waals surface area contributed by atoms with Gasteiger partial charge in [-0.15, -0.1) is 0 Å². The van der Waals surface area contributed by atoms with Crippen LogP contribution in [0.2, 0.25) is 0 Å². The molecule has 3 aromatic rings. The van der Waals surface area contributed by atoms with Crippen LogP contribution in [0.15, 0.2) is 60.7 Å². The number of nitrogens with one attached hydrogen (secondary N) is 2. The van der Waals surface area contributed by atoms with E-state index in [1.165, 1.54) is 19.2 Å². The number of aromatic carboxylic acids is 1. The molecule has 1 atom stereocenters. The number of carbonyl (C=O) groups is 3. The number of benzene rings is 3. The van der Waals surface area contributed by atoms with E-state index in [1.807, 2.05) is 39.0 Å². The number of aryl methyl sites for hydroxylation is 1. The maximum absolute atomic E-state index is 13.2. The minimum absolute atomic E-state index is 0.0289. The molecule has 228 valence electrons. The van der Waals surface area contributed by atoms with Crippen molar-refractivity contribution in [2.45, 2.75) is 46.1 Å². The molecule has 43 heavy (non-hydrogen) atoms. The lowest BCUT2D eigenvalue weighted by Gasteiger charge is -2.25. The van der Waals surface area contributed by atoms with Crippen LogP contribution >= 0.6 is 0 Å². The molecule has 1 saturated heterocycles. The summed E-state index contributed by atoms with van der Waals surface area (Å²) < 4.78 is 11.1. The van der Waals surface area contributed by atoms with Crippen LogP contribution in [-0.4, -0.2) is 59.1 Å². The first kappa shape index (κ1) is 32.4. The van der Waals surface area contributed by atoms with E-state index in [4.69, 9.17) is 14.6 Å². The minimum atomic E-state index is -1.28. The van der Waals surface area contributed by atoms with Crippen LogP contribution in [0.3, 0.4) is 0 Å². The first-order chi connectivity index (χ1) is 20.7. The normalized spacial score (nSPS) is 13.8. The highest BCUT2D eigenvalue weighted by molar-refractivity contribution is 6.01. The number of methoxy groups -OCH3 is 1.